The van der Waals surface area contributed by atoms with Crippen LogP contribution in [0.1, 0.15) is 37.0 Å². The van der Waals surface area contributed by atoms with Gasteiger partial charge in [0, 0.05) is 0 Å². The number of hydrogen-bond acceptors (Lipinski definition) is 2. The maximum atomic E-state index is 10.7. The summed E-state index contributed by atoms with van der Waals surface area (Å²) in [6.45, 7) is 3.29. The van der Waals surface area contributed by atoms with Crippen LogP contribution in [0.2, 0.25) is 0 Å². The Bertz CT molecular complexity index is 331. The summed E-state index contributed by atoms with van der Waals surface area (Å²) in [5.41, 5.74) is 1.46. The van der Waals surface area contributed by atoms with Crippen molar-refractivity contribution in [2.75, 3.05) is 0 Å². The van der Waals surface area contributed by atoms with Crippen molar-refractivity contribution >= 4 is 5.97 Å². The van der Waals surface area contributed by atoms with Gasteiger partial charge in [0.2, 0.25) is 0 Å². The molecule has 0 saturated carbocycles. The van der Waals surface area contributed by atoms with Gasteiger partial charge in [-0.3, -0.25) is 4.79 Å². The van der Waals surface area contributed by atoms with Crippen molar-refractivity contribution < 1.29 is 15.0 Å². The van der Waals surface area contributed by atoms with Crippen molar-refractivity contribution in [1.82, 2.24) is 0 Å². The summed E-state index contributed by atoms with van der Waals surface area (Å²) in [6, 6.07) is 7.02. The second kappa shape index (κ2) is 4.24. The molecule has 0 aromatic heterocycles. The number of benzene rings is 1. The minimum absolute atomic E-state index is 0.534. The van der Waals surface area contributed by atoms with Crippen LogP contribution in [0.25, 0.3) is 0 Å². The van der Waals surface area contributed by atoms with Gasteiger partial charge in [0.1, 0.15) is 0 Å². The summed E-state index contributed by atoms with van der Waals surface area (Å²) in [7, 11) is 0. The third kappa shape index (κ3) is 2.33. The normalized spacial score (nSPS) is 14.8. The second-order valence-electron chi connectivity index (χ2n) is 3.41. The maximum absolute atomic E-state index is 10.7. The molecule has 0 aliphatic carbocycles. The Morgan fingerprint density at radius 2 is 1.86 bits per heavy atom. The number of carbonyl (C=O) groups is 1. The molecule has 0 radical (unpaired) electrons. The van der Waals surface area contributed by atoms with E-state index in [0.29, 0.717) is 0 Å². The number of hydrogen-bond donors (Lipinski definition) is 2. The lowest BCUT2D eigenvalue weighted by atomic mass is 9.98. The van der Waals surface area contributed by atoms with Crippen LogP contribution >= 0.6 is 0 Å². The van der Waals surface area contributed by atoms with Gasteiger partial charge in [0.25, 0.3) is 0 Å². The summed E-state index contributed by atoms with van der Waals surface area (Å²) in [4.78, 5) is 10.7. The smallest absolute Gasteiger partial charge is 0.310 e. The Hall–Kier alpha value is -1.35. The van der Waals surface area contributed by atoms with E-state index in [1.54, 1.807) is 38.1 Å². The standard InChI is InChI=1S/C11H14O3/c1-7(11(13)14)9-4-3-5-10(6-9)8(2)12/h3-8,12H,1-2H3,(H,13,14)/t7-,8+/m0/s1. The molecule has 1 aromatic carbocycles. The molecule has 0 unspecified atom stereocenters. The van der Waals surface area contributed by atoms with E-state index in [4.69, 9.17) is 5.11 Å². The molecule has 1 aromatic rings. The number of aliphatic hydroxyl groups excluding tert-OH is 1. The van der Waals surface area contributed by atoms with Crippen molar-refractivity contribution in [2.45, 2.75) is 25.9 Å². The fourth-order valence-corrected chi connectivity index (χ4v) is 1.23. The quantitative estimate of drug-likeness (QED) is 0.773. The molecule has 14 heavy (non-hydrogen) atoms. The predicted octanol–water partition coefficient (Wildman–Crippen LogP) is 1.93. The topological polar surface area (TPSA) is 57.5 Å². The fraction of sp³-hybridized carbons (Fsp3) is 0.364. The predicted molar refractivity (Wildman–Crippen MR) is 53.1 cm³/mol. The van der Waals surface area contributed by atoms with E-state index in [-0.39, 0.29) is 0 Å². The molecule has 2 atom stereocenters. The lowest BCUT2D eigenvalue weighted by Gasteiger charge is -2.10. The maximum Gasteiger partial charge on any atom is 0.310 e. The minimum Gasteiger partial charge on any atom is -0.481 e. The summed E-state index contributed by atoms with van der Waals surface area (Å²) in [5, 5.41) is 18.1. The molecule has 3 nitrogen and oxygen atoms in total. The Kier molecular flexibility index (Phi) is 3.25. The van der Waals surface area contributed by atoms with E-state index in [0.717, 1.165) is 11.1 Å². The average Bonchev–Trinajstić information content (AvgIpc) is 2.16. The number of carboxylic acid groups (broad SMARTS) is 1. The van der Waals surface area contributed by atoms with Gasteiger partial charge >= 0.3 is 5.97 Å². The summed E-state index contributed by atoms with van der Waals surface area (Å²) in [6.07, 6.45) is -0.559. The summed E-state index contributed by atoms with van der Waals surface area (Å²) < 4.78 is 0. The molecule has 0 saturated heterocycles. The third-order valence-electron chi connectivity index (χ3n) is 2.26. The number of aliphatic hydroxyl groups is 1. The molecule has 1 rings (SSSR count). The Balaban J connectivity index is 2.99. The Labute approximate surface area is 83.0 Å². The van der Waals surface area contributed by atoms with Crippen LogP contribution in [-0.4, -0.2) is 16.2 Å². The van der Waals surface area contributed by atoms with Crippen molar-refractivity contribution in [2.24, 2.45) is 0 Å². The lowest BCUT2D eigenvalue weighted by Crippen LogP contribution is -2.07. The van der Waals surface area contributed by atoms with Gasteiger partial charge in [-0.1, -0.05) is 24.3 Å². The highest BCUT2D eigenvalue weighted by molar-refractivity contribution is 5.75. The van der Waals surface area contributed by atoms with Crippen LogP contribution in [0.15, 0.2) is 24.3 Å². The van der Waals surface area contributed by atoms with E-state index >= 15 is 0 Å². The first-order valence-electron chi connectivity index (χ1n) is 4.53. The van der Waals surface area contributed by atoms with E-state index < -0.39 is 18.0 Å². The second-order valence-corrected chi connectivity index (χ2v) is 3.41. The zero-order valence-electron chi connectivity index (χ0n) is 8.27. The summed E-state index contributed by atoms with van der Waals surface area (Å²) >= 11 is 0. The van der Waals surface area contributed by atoms with Gasteiger partial charge in [0.05, 0.1) is 12.0 Å². The van der Waals surface area contributed by atoms with E-state index in [2.05, 4.69) is 0 Å². The molecular formula is C11H14O3. The van der Waals surface area contributed by atoms with Gasteiger partial charge in [-0.15, -0.1) is 0 Å². The Morgan fingerprint density at radius 1 is 1.29 bits per heavy atom. The SMILES string of the molecule is C[C@H](C(=O)O)c1cccc([C@@H](C)O)c1. The highest BCUT2D eigenvalue weighted by Gasteiger charge is 2.14. The molecule has 2 N–H and O–H groups in total. The molecule has 0 spiro atoms. The van der Waals surface area contributed by atoms with Gasteiger partial charge in [0.15, 0.2) is 0 Å². The first-order valence-corrected chi connectivity index (χ1v) is 4.53. The van der Waals surface area contributed by atoms with E-state index in [1.165, 1.54) is 0 Å². The molecule has 0 aliphatic rings. The average molecular weight is 194 g/mol. The number of aliphatic carboxylic acids is 1. The van der Waals surface area contributed by atoms with Gasteiger partial charge < -0.3 is 10.2 Å². The highest BCUT2D eigenvalue weighted by atomic mass is 16.4. The first kappa shape index (κ1) is 10.7. The summed E-state index contributed by atoms with van der Waals surface area (Å²) in [5.74, 6) is -1.39. The van der Waals surface area contributed by atoms with Gasteiger partial charge in [-0.25, -0.2) is 0 Å². The monoisotopic (exact) mass is 194 g/mol. The minimum atomic E-state index is -0.854. The molecule has 0 fully saturated rings. The van der Waals surface area contributed by atoms with Crippen LogP contribution in [0, 0.1) is 0 Å². The first-order chi connectivity index (χ1) is 6.52. The molecular weight excluding hydrogens is 180 g/mol. The zero-order chi connectivity index (χ0) is 10.7. The van der Waals surface area contributed by atoms with Crippen LogP contribution in [0.3, 0.4) is 0 Å². The zero-order valence-corrected chi connectivity index (χ0v) is 8.27. The van der Waals surface area contributed by atoms with Gasteiger partial charge in [-0.05, 0) is 25.0 Å². The van der Waals surface area contributed by atoms with Crippen LogP contribution in [0.4, 0.5) is 0 Å². The van der Waals surface area contributed by atoms with Crippen molar-refractivity contribution in [3.8, 4) is 0 Å². The van der Waals surface area contributed by atoms with E-state index in [9.17, 15) is 9.90 Å². The molecule has 0 bridgehead atoms. The van der Waals surface area contributed by atoms with Crippen LogP contribution < -0.4 is 0 Å². The fourth-order valence-electron chi connectivity index (χ4n) is 1.23. The highest BCUT2D eigenvalue weighted by Crippen LogP contribution is 2.20. The van der Waals surface area contributed by atoms with E-state index in [1.807, 2.05) is 0 Å². The molecule has 0 heterocycles. The van der Waals surface area contributed by atoms with Crippen molar-refractivity contribution in [1.29, 1.82) is 0 Å². The van der Waals surface area contributed by atoms with Gasteiger partial charge in [-0.2, -0.15) is 0 Å². The third-order valence-corrected chi connectivity index (χ3v) is 2.26. The molecule has 76 valence electrons. The largest absolute Gasteiger partial charge is 0.481 e. The van der Waals surface area contributed by atoms with Crippen LogP contribution in [-0.2, 0) is 4.79 Å². The molecule has 3 heteroatoms. The molecule has 0 aliphatic heterocycles. The van der Waals surface area contributed by atoms with Crippen LogP contribution in [0.5, 0.6) is 0 Å². The van der Waals surface area contributed by atoms with Crippen molar-refractivity contribution in [3.63, 3.8) is 0 Å². The number of rotatable bonds is 3. The Morgan fingerprint density at radius 3 is 2.36 bits per heavy atom. The lowest BCUT2D eigenvalue weighted by molar-refractivity contribution is -0.138. The molecule has 0 amide bonds. The van der Waals surface area contributed by atoms with Crippen molar-refractivity contribution in [3.05, 3.63) is 35.4 Å². The number of carboxylic acids is 1.